The molecule has 0 atom stereocenters. The van der Waals surface area contributed by atoms with Crippen molar-refractivity contribution < 1.29 is 13.5 Å². The van der Waals surface area contributed by atoms with Gasteiger partial charge in [0.25, 0.3) is 10.0 Å². The normalized spacial score (nSPS) is 11.6. The maximum Gasteiger partial charge on any atom is 0.265 e. The van der Waals surface area contributed by atoms with Crippen LogP contribution in [0, 0.1) is 0 Å². The molecule has 0 unspecified atom stereocenters. The number of aliphatic hydroxyl groups excluding tert-OH is 1. The quantitative estimate of drug-likeness (QED) is 0.770. The summed E-state index contributed by atoms with van der Waals surface area (Å²) in [5.41, 5.74) is 0.433. The Morgan fingerprint density at radius 2 is 2.10 bits per heavy atom. The van der Waals surface area contributed by atoms with E-state index in [-0.39, 0.29) is 18.0 Å². The van der Waals surface area contributed by atoms with Crippen LogP contribution in [0.1, 0.15) is 0 Å². The highest BCUT2D eigenvalue weighted by Crippen LogP contribution is 2.28. The zero-order valence-electron chi connectivity index (χ0n) is 10.1. The van der Waals surface area contributed by atoms with Gasteiger partial charge in [0.15, 0.2) is 0 Å². The van der Waals surface area contributed by atoms with E-state index in [4.69, 9.17) is 5.11 Å². The minimum atomic E-state index is -3.71. The van der Waals surface area contributed by atoms with Crippen molar-refractivity contribution in [3.63, 3.8) is 0 Å². The van der Waals surface area contributed by atoms with E-state index in [1.165, 1.54) is 17.1 Å². The average Bonchev–Trinajstić information content (AvgIpc) is 2.83. The molecule has 0 bridgehead atoms. The number of aliphatic hydroxyl groups is 1. The largest absolute Gasteiger partial charge is 0.394 e. The Hall–Kier alpha value is -0.900. The van der Waals surface area contributed by atoms with E-state index in [2.05, 4.69) is 41.7 Å². The number of hydrogen-bond donors (Lipinski definition) is 2. The van der Waals surface area contributed by atoms with Crippen molar-refractivity contribution in [2.24, 2.45) is 0 Å². The van der Waals surface area contributed by atoms with Crippen LogP contribution in [0.2, 0.25) is 0 Å². The van der Waals surface area contributed by atoms with Crippen LogP contribution in [0.3, 0.4) is 0 Å². The van der Waals surface area contributed by atoms with Gasteiger partial charge in [-0.2, -0.15) is 5.10 Å². The standard InChI is InChI=1S/C11H11Br2N3O3S/c12-8-1-2-11(10(13)5-8)15-20(18,19)9-6-14-16(7-9)3-4-17/h1-2,5-7,15,17H,3-4H2. The number of rotatable bonds is 5. The SMILES string of the molecule is O=S(=O)(Nc1ccc(Br)cc1Br)c1cnn(CCO)c1. The number of sulfonamides is 1. The Bertz CT molecular complexity index is 715. The topological polar surface area (TPSA) is 84.2 Å². The summed E-state index contributed by atoms with van der Waals surface area (Å²) in [5.74, 6) is 0. The van der Waals surface area contributed by atoms with E-state index < -0.39 is 10.0 Å². The van der Waals surface area contributed by atoms with E-state index in [9.17, 15) is 8.42 Å². The smallest absolute Gasteiger partial charge is 0.265 e. The maximum atomic E-state index is 12.2. The second-order valence-corrected chi connectivity index (χ2v) is 7.34. The zero-order chi connectivity index (χ0) is 14.8. The van der Waals surface area contributed by atoms with Crippen molar-refractivity contribution >= 4 is 47.6 Å². The Kier molecular flexibility index (Phi) is 4.84. The van der Waals surface area contributed by atoms with Crippen LogP contribution in [0.15, 0.2) is 44.4 Å². The molecule has 0 radical (unpaired) electrons. The molecule has 0 spiro atoms. The third kappa shape index (κ3) is 3.60. The lowest BCUT2D eigenvalue weighted by Gasteiger charge is -2.08. The summed E-state index contributed by atoms with van der Waals surface area (Å²) < 4.78 is 29.7. The molecule has 0 aliphatic heterocycles. The molecule has 1 aromatic carbocycles. The fraction of sp³-hybridized carbons (Fsp3) is 0.182. The van der Waals surface area contributed by atoms with Crippen LogP contribution in [-0.2, 0) is 16.6 Å². The maximum absolute atomic E-state index is 12.2. The lowest BCUT2D eigenvalue weighted by molar-refractivity contribution is 0.269. The highest BCUT2D eigenvalue weighted by atomic mass is 79.9. The van der Waals surface area contributed by atoms with Gasteiger partial charge in [-0.1, -0.05) is 15.9 Å². The number of anilines is 1. The van der Waals surface area contributed by atoms with Crippen molar-refractivity contribution in [2.75, 3.05) is 11.3 Å². The monoisotopic (exact) mass is 423 g/mol. The summed E-state index contributed by atoms with van der Waals surface area (Å²) in [4.78, 5) is 0.0424. The molecule has 2 aromatic rings. The van der Waals surface area contributed by atoms with Crippen LogP contribution in [0.4, 0.5) is 5.69 Å². The second-order valence-electron chi connectivity index (χ2n) is 3.89. The van der Waals surface area contributed by atoms with Crippen LogP contribution in [0.5, 0.6) is 0 Å². The van der Waals surface area contributed by atoms with Gasteiger partial charge in [0, 0.05) is 15.1 Å². The molecule has 9 heteroatoms. The molecule has 0 saturated carbocycles. The van der Waals surface area contributed by atoms with Gasteiger partial charge in [0.2, 0.25) is 0 Å². The first-order chi connectivity index (χ1) is 9.42. The van der Waals surface area contributed by atoms with Crippen molar-refractivity contribution in [3.05, 3.63) is 39.5 Å². The lowest BCUT2D eigenvalue weighted by Crippen LogP contribution is -2.12. The number of hydrogen-bond acceptors (Lipinski definition) is 4. The second kappa shape index (κ2) is 6.25. The summed E-state index contributed by atoms with van der Waals surface area (Å²) in [5, 5.41) is 12.7. The Balaban J connectivity index is 2.26. The highest BCUT2D eigenvalue weighted by molar-refractivity contribution is 9.11. The Labute approximate surface area is 133 Å². The molecule has 1 heterocycles. The van der Waals surface area contributed by atoms with Gasteiger partial charge < -0.3 is 5.11 Å². The van der Waals surface area contributed by atoms with Gasteiger partial charge in [-0.15, -0.1) is 0 Å². The van der Waals surface area contributed by atoms with Crippen molar-refractivity contribution in [3.8, 4) is 0 Å². The number of aromatic nitrogens is 2. The summed E-state index contributed by atoms with van der Waals surface area (Å²) in [6, 6.07) is 5.12. The van der Waals surface area contributed by atoms with Crippen LogP contribution in [-0.4, -0.2) is 29.9 Å². The van der Waals surface area contributed by atoms with Gasteiger partial charge in [-0.25, -0.2) is 8.42 Å². The first-order valence-corrected chi connectivity index (χ1v) is 8.60. The summed E-state index contributed by atoms with van der Waals surface area (Å²) in [7, 11) is -3.71. The molecule has 1 aromatic heterocycles. The predicted molar refractivity (Wildman–Crippen MR) is 82.0 cm³/mol. The summed E-state index contributed by atoms with van der Waals surface area (Å²) in [6.45, 7) is 0.143. The molecular weight excluding hydrogens is 414 g/mol. The third-order valence-corrected chi connectivity index (χ3v) is 4.89. The highest BCUT2D eigenvalue weighted by Gasteiger charge is 2.17. The van der Waals surface area contributed by atoms with Gasteiger partial charge in [0.05, 0.1) is 25.0 Å². The molecule has 0 aliphatic rings. The summed E-state index contributed by atoms with van der Waals surface area (Å²) >= 11 is 6.59. The minimum absolute atomic E-state index is 0.0424. The molecule has 2 N–H and O–H groups in total. The number of nitrogens with zero attached hydrogens (tertiary/aromatic N) is 2. The van der Waals surface area contributed by atoms with Crippen LogP contribution < -0.4 is 4.72 Å². The van der Waals surface area contributed by atoms with E-state index in [1.54, 1.807) is 18.2 Å². The van der Waals surface area contributed by atoms with Gasteiger partial charge >= 0.3 is 0 Å². The molecule has 0 aliphatic carbocycles. The number of benzene rings is 1. The van der Waals surface area contributed by atoms with Crippen LogP contribution in [0.25, 0.3) is 0 Å². The first kappa shape index (κ1) is 15.5. The van der Waals surface area contributed by atoms with E-state index >= 15 is 0 Å². The van der Waals surface area contributed by atoms with Crippen LogP contribution >= 0.6 is 31.9 Å². The number of nitrogens with one attached hydrogen (secondary N) is 1. The molecule has 6 nitrogen and oxygen atoms in total. The molecule has 2 rings (SSSR count). The third-order valence-electron chi connectivity index (χ3n) is 2.42. The molecule has 0 fully saturated rings. The van der Waals surface area contributed by atoms with E-state index in [0.29, 0.717) is 10.2 Å². The van der Waals surface area contributed by atoms with Crippen molar-refractivity contribution in [1.82, 2.24) is 9.78 Å². The average molecular weight is 425 g/mol. The zero-order valence-corrected chi connectivity index (χ0v) is 14.1. The van der Waals surface area contributed by atoms with Crippen molar-refractivity contribution in [1.29, 1.82) is 0 Å². The summed E-state index contributed by atoms with van der Waals surface area (Å²) in [6.07, 6.45) is 2.61. The van der Waals surface area contributed by atoms with Gasteiger partial charge in [-0.05, 0) is 34.1 Å². The Morgan fingerprint density at radius 3 is 2.75 bits per heavy atom. The molecule has 0 saturated heterocycles. The van der Waals surface area contributed by atoms with E-state index in [0.717, 1.165) is 4.47 Å². The minimum Gasteiger partial charge on any atom is -0.394 e. The van der Waals surface area contributed by atoms with E-state index in [1.807, 2.05) is 0 Å². The first-order valence-electron chi connectivity index (χ1n) is 5.53. The van der Waals surface area contributed by atoms with Crippen molar-refractivity contribution in [2.45, 2.75) is 11.4 Å². The Morgan fingerprint density at radius 1 is 1.35 bits per heavy atom. The fourth-order valence-electron chi connectivity index (χ4n) is 1.48. The number of halogens is 2. The van der Waals surface area contributed by atoms with Gasteiger partial charge in [0.1, 0.15) is 4.90 Å². The predicted octanol–water partition coefficient (Wildman–Crippen LogP) is 2.20. The van der Waals surface area contributed by atoms with Gasteiger partial charge in [-0.3, -0.25) is 9.40 Å². The molecular formula is C11H11Br2N3O3S. The molecule has 108 valence electrons. The lowest BCUT2D eigenvalue weighted by atomic mass is 10.3. The molecule has 0 amide bonds. The molecule has 20 heavy (non-hydrogen) atoms. The fourth-order valence-corrected chi connectivity index (χ4v) is 3.79.